The third-order valence-electron chi connectivity index (χ3n) is 5.21. The van der Waals surface area contributed by atoms with Crippen LogP contribution in [0.3, 0.4) is 0 Å². The lowest BCUT2D eigenvalue weighted by atomic mass is 9.89. The molecule has 132 valence electrons. The van der Waals surface area contributed by atoms with Gasteiger partial charge in [0, 0.05) is 32.3 Å². The van der Waals surface area contributed by atoms with Crippen molar-refractivity contribution in [3.8, 4) is 11.5 Å². The monoisotopic (exact) mass is 362 g/mol. The van der Waals surface area contributed by atoms with Gasteiger partial charge in [0.2, 0.25) is 5.78 Å². The SMILES string of the molecule is O=C1C(N2CCCC2)=CC(=O)c2c(O)c(N3CCCC3)c(Cl)c(O)c21. The van der Waals surface area contributed by atoms with Crippen LogP contribution in [-0.2, 0) is 0 Å². The third kappa shape index (κ3) is 2.39. The molecule has 0 unspecified atom stereocenters. The molecule has 2 saturated heterocycles. The number of phenols is 2. The fourth-order valence-electron chi connectivity index (χ4n) is 3.95. The predicted octanol–water partition coefficient (Wildman–Crippen LogP) is 2.71. The Morgan fingerprint density at radius 1 is 0.840 bits per heavy atom. The highest BCUT2D eigenvalue weighted by Crippen LogP contribution is 2.49. The average Bonchev–Trinajstić information content (AvgIpc) is 3.28. The first kappa shape index (κ1) is 16.3. The van der Waals surface area contributed by atoms with Crippen molar-refractivity contribution in [2.75, 3.05) is 31.1 Å². The molecule has 3 aliphatic rings. The molecule has 25 heavy (non-hydrogen) atoms. The number of hydrogen-bond donors (Lipinski definition) is 2. The van der Waals surface area contributed by atoms with Gasteiger partial charge in [0.25, 0.3) is 0 Å². The number of Topliss-reactive ketones (excluding diaryl/α,β-unsaturated/α-hetero) is 1. The van der Waals surface area contributed by atoms with Crippen LogP contribution in [0, 0.1) is 0 Å². The molecule has 0 spiro atoms. The highest BCUT2D eigenvalue weighted by Gasteiger charge is 2.38. The van der Waals surface area contributed by atoms with Gasteiger partial charge < -0.3 is 20.0 Å². The number of halogens is 1. The van der Waals surface area contributed by atoms with E-state index in [-0.39, 0.29) is 33.3 Å². The Kier molecular flexibility index (Phi) is 3.87. The Morgan fingerprint density at radius 3 is 2.00 bits per heavy atom. The fourth-order valence-corrected chi connectivity index (χ4v) is 4.26. The molecule has 2 fully saturated rings. The lowest BCUT2D eigenvalue weighted by Crippen LogP contribution is -2.30. The summed E-state index contributed by atoms with van der Waals surface area (Å²) < 4.78 is 0. The van der Waals surface area contributed by atoms with E-state index < -0.39 is 17.3 Å². The van der Waals surface area contributed by atoms with Crippen LogP contribution in [0.5, 0.6) is 11.5 Å². The van der Waals surface area contributed by atoms with Gasteiger partial charge in [-0.2, -0.15) is 0 Å². The molecule has 0 atom stereocenters. The van der Waals surface area contributed by atoms with Gasteiger partial charge >= 0.3 is 0 Å². The van der Waals surface area contributed by atoms with Gasteiger partial charge in [-0.05, 0) is 25.7 Å². The number of benzene rings is 1. The second-order valence-corrected chi connectivity index (χ2v) is 7.10. The first-order valence-corrected chi connectivity index (χ1v) is 8.96. The van der Waals surface area contributed by atoms with E-state index in [1.54, 1.807) is 0 Å². The second kappa shape index (κ2) is 5.95. The molecule has 7 heteroatoms. The predicted molar refractivity (Wildman–Crippen MR) is 93.8 cm³/mol. The highest BCUT2D eigenvalue weighted by atomic mass is 35.5. The number of phenolic OH excluding ortho intramolecular Hbond substituents is 2. The van der Waals surface area contributed by atoms with Crippen molar-refractivity contribution in [3.05, 3.63) is 27.9 Å². The zero-order chi connectivity index (χ0) is 17.7. The van der Waals surface area contributed by atoms with Crippen LogP contribution in [0.1, 0.15) is 46.4 Å². The topological polar surface area (TPSA) is 81.1 Å². The number of hydrogen-bond acceptors (Lipinski definition) is 6. The number of ketones is 2. The van der Waals surface area contributed by atoms with Crippen LogP contribution in [0.2, 0.25) is 5.02 Å². The van der Waals surface area contributed by atoms with E-state index in [9.17, 15) is 19.8 Å². The molecular weight excluding hydrogens is 344 g/mol. The molecular formula is C18H19ClN2O4. The number of fused-ring (bicyclic) bond motifs is 1. The third-order valence-corrected chi connectivity index (χ3v) is 5.56. The zero-order valence-corrected chi connectivity index (χ0v) is 14.5. The fraction of sp³-hybridized carbons (Fsp3) is 0.444. The summed E-state index contributed by atoms with van der Waals surface area (Å²) in [6, 6.07) is 0. The molecule has 6 nitrogen and oxygen atoms in total. The summed E-state index contributed by atoms with van der Waals surface area (Å²) in [6.07, 6.45) is 5.07. The smallest absolute Gasteiger partial charge is 0.213 e. The van der Waals surface area contributed by atoms with Crippen LogP contribution in [-0.4, -0.2) is 52.9 Å². The summed E-state index contributed by atoms with van der Waals surface area (Å²) in [5.41, 5.74) is 0.195. The molecule has 4 rings (SSSR count). The van der Waals surface area contributed by atoms with E-state index in [1.807, 2.05) is 9.80 Å². The Bertz CT molecular complexity index is 806. The highest BCUT2D eigenvalue weighted by molar-refractivity contribution is 6.38. The minimum absolute atomic E-state index is 0.0676. The first-order valence-electron chi connectivity index (χ1n) is 8.58. The second-order valence-electron chi connectivity index (χ2n) is 6.72. The van der Waals surface area contributed by atoms with E-state index in [1.165, 1.54) is 6.08 Å². The van der Waals surface area contributed by atoms with Gasteiger partial charge in [0.1, 0.15) is 16.5 Å². The van der Waals surface area contributed by atoms with Crippen molar-refractivity contribution < 1.29 is 19.8 Å². The Hall–Kier alpha value is -2.21. The normalized spacial score (nSPS) is 20.3. The quantitative estimate of drug-likeness (QED) is 0.787. The lowest BCUT2D eigenvalue weighted by Gasteiger charge is -2.28. The van der Waals surface area contributed by atoms with Crippen molar-refractivity contribution in [1.82, 2.24) is 4.90 Å². The molecule has 0 saturated carbocycles. The number of rotatable bonds is 2. The van der Waals surface area contributed by atoms with E-state index >= 15 is 0 Å². The van der Waals surface area contributed by atoms with Gasteiger partial charge in [0.05, 0.1) is 16.8 Å². The van der Waals surface area contributed by atoms with Crippen LogP contribution >= 0.6 is 11.6 Å². The van der Waals surface area contributed by atoms with E-state index in [0.717, 1.165) is 25.7 Å². The summed E-state index contributed by atoms with van der Waals surface area (Å²) in [5.74, 6) is -1.66. The van der Waals surface area contributed by atoms with Crippen LogP contribution in [0.15, 0.2) is 11.8 Å². The number of likely N-dealkylation sites (tertiary alicyclic amines) is 1. The van der Waals surface area contributed by atoms with E-state index in [0.29, 0.717) is 26.2 Å². The van der Waals surface area contributed by atoms with Gasteiger partial charge in [-0.15, -0.1) is 0 Å². The van der Waals surface area contributed by atoms with Crippen molar-refractivity contribution in [2.24, 2.45) is 0 Å². The molecule has 2 heterocycles. The van der Waals surface area contributed by atoms with Gasteiger partial charge in [-0.25, -0.2) is 0 Å². The molecule has 1 aromatic rings. The van der Waals surface area contributed by atoms with Crippen molar-refractivity contribution >= 4 is 28.9 Å². The average molecular weight is 363 g/mol. The Morgan fingerprint density at radius 2 is 1.40 bits per heavy atom. The number of anilines is 1. The zero-order valence-electron chi connectivity index (χ0n) is 13.7. The summed E-state index contributed by atoms with van der Waals surface area (Å²) in [7, 11) is 0. The largest absolute Gasteiger partial charge is 0.505 e. The molecule has 2 aliphatic heterocycles. The maximum atomic E-state index is 12.9. The Labute approximate surface area is 150 Å². The molecule has 2 N–H and O–H groups in total. The summed E-state index contributed by atoms with van der Waals surface area (Å²) >= 11 is 6.29. The molecule has 0 aromatic heterocycles. The standard InChI is InChI=1S/C18H19ClN2O4/c19-14-15(21-7-3-4-8-21)18(25)12-11(22)9-10(20-5-1-2-6-20)16(23)13(12)17(14)24/h9,24-25H,1-8H2. The van der Waals surface area contributed by atoms with Crippen molar-refractivity contribution in [2.45, 2.75) is 25.7 Å². The number of carbonyl (C=O) groups excluding carboxylic acids is 2. The maximum Gasteiger partial charge on any atom is 0.213 e. The minimum Gasteiger partial charge on any atom is -0.505 e. The Balaban J connectivity index is 1.87. The van der Waals surface area contributed by atoms with Gasteiger partial charge in [0.15, 0.2) is 11.5 Å². The number of aromatic hydroxyl groups is 2. The van der Waals surface area contributed by atoms with Crippen LogP contribution in [0.25, 0.3) is 0 Å². The molecule has 0 bridgehead atoms. The summed E-state index contributed by atoms with van der Waals surface area (Å²) in [4.78, 5) is 29.3. The van der Waals surface area contributed by atoms with Crippen LogP contribution in [0.4, 0.5) is 5.69 Å². The summed E-state index contributed by atoms with van der Waals surface area (Å²) in [5, 5.41) is 21.2. The lowest BCUT2D eigenvalue weighted by molar-refractivity contribution is 0.0952. The van der Waals surface area contributed by atoms with Crippen LogP contribution < -0.4 is 4.90 Å². The van der Waals surface area contributed by atoms with Gasteiger partial charge in [-0.3, -0.25) is 9.59 Å². The first-order chi connectivity index (χ1) is 12.0. The molecule has 1 aliphatic carbocycles. The molecule has 1 aromatic carbocycles. The molecule has 0 radical (unpaired) electrons. The van der Waals surface area contributed by atoms with Gasteiger partial charge in [-0.1, -0.05) is 11.6 Å². The van der Waals surface area contributed by atoms with Crippen molar-refractivity contribution in [1.29, 1.82) is 0 Å². The minimum atomic E-state index is -0.471. The van der Waals surface area contributed by atoms with E-state index in [4.69, 9.17) is 11.6 Å². The summed E-state index contributed by atoms with van der Waals surface area (Å²) in [6.45, 7) is 2.77. The van der Waals surface area contributed by atoms with Crippen molar-refractivity contribution in [3.63, 3.8) is 0 Å². The number of allylic oxidation sites excluding steroid dienone is 2. The molecule has 0 amide bonds. The maximum absolute atomic E-state index is 12.9. The number of nitrogens with zero attached hydrogens (tertiary/aromatic N) is 2. The van der Waals surface area contributed by atoms with E-state index in [2.05, 4.69) is 0 Å². The number of carbonyl (C=O) groups is 2.